The second-order valence-electron chi connectivity index (χ2n) is 4.25. The summed E-state index contributed by atoms with van der Waals surface area (Å²) in [5.74, 6) is 0.759. The van der Waals surface area contributed by atoms with Gasteiger partial charge in [-0.3, -0.25) is 0 Å². The molecule has 2 aromatic heterocycles. The third kappa shape index (κ3) is 3.05. The molecule has 5 heteroatoms. The molecule has 0 saturated heterocycles. The predicted octanol–water partition coefficient (Wildman–Crippen LogP) is 4.11. The molecule has 0 aliphatic heterocycles. The summed E-state index contributed by atoms with van der Waals surface area (Å²) >= 11 is 3.37. The highest BCUT2D eigenvalue weighted by molar-refractivity contribution is 9.10. The first-order valence-electron chi connectivity index (χ1n) is 6.15. The Morgan fingerprint density at radius 1 is 1.15 bits per heavy atom. The maximum absolute atomic E-state index is 5.30. The molecular formula is C15H12BrN3O. The van der Waals surface area contributed by atoms with Crippen LogP contribution in [0.3, 0.4) is 0 Å². The van der Waals surface area contributed by atoms with Crippen LogP contribution in [0.4, 0.5) is 5.69 Å². The number of aromatic nitrogens is 2. The summed E-state index contributed by atoms with van der Waals surface area (Å²) in [6, 6.07) is 13.9. The minimum Gasteiger partial charge on any atom is -0.444 e. The Bertz CT molecular complexity index is 698. The number of rotatable bonds is 4. The molecule has 100 valence electrons. The largest absolute Gasteiger partial charge is 0.444 e. The van der Waals surface area contributed by atoms with Crippen LogP contribution in [0.2, 0.25) is 0 Å². The van der Waals surface area contributed by atoms with E-state index < -0.39 is 0 Å². The van der Waals surface area contributed by atoms with Crippen LogP contribution < -0.4 is 5.32 Å². The first-order chi connectivity index (χ1) is 9.81. The Morgan fingerprint density at radius 3 is 2.85 bits per heavy atom. The van der Waals surface area contributed by atoms with Crippen molar-refractivity contribution in [2.45, 2.75) is 6.54 Å². The van der Waals surface area contributed by atoms with Crippen molar-refractivity contribution < 1.29 is 4.42 Å². The highest BCUT2D eigenvalue weighted by Crippen LogP contribution is 2.22. The lowest BCUT2D eigenvalue weighted by atomic mass is 10.1. The quantitative estimate of drug-likeness (QED) is 0.732. The molecule has 3 aromatic rings. The van der Waals surface area contributed by atoms with Gasteiger partial charge in [0.1, 0.15) is 4.60 Å². The lowest BCUT2D eigenvalue weighted by molar-refractivity contribution is 0.572. The maximum Gasteiger partial charge on any atom is 0.181 e. The van der Waals surface area contributed by atoms with E-state index in [1.807, 2.05) is 42.5 Å². The number of pyridine rings is 1. The zero-order valence-electron chi connectivity index (χ0n) is 10.6. The van der Waals surface area contributed by atoms with Crippen LogP contribution in [0.25, 0.3) is 11.3 Å². The molecule has 1 N–H and O–H groups in total. The van der Waals surface area contributed by atoms with Crippen LogP contribution in [0.1, 0.15) is 5.69 Å². The van der Waals surface area contributed by atoms with Crippen molar-refractivity contribution in [3.63, 3.8) is 0 Å². The third-order valence-corrected chi connectivity index (χ3v) is 3.27. The third-order valence-electron chi connectivity index (χ3n) is 2.83. The van der Waals surface area contributed by atoms with Crippen LogP contribution in [0.5, 0.6) is 0 Å². The molecule has 0 atom stereocenters. The molecule has 4 nitrogen and oxygen atoms in total. The number of benzene rings is 1. The van der Waals surface area contributed by atoms with Gasteiger partial charge in [0.15, 0.2) is 12.2 Å². The van der Waals surface area contributed by atoms with Crippen LogP contribution >= 0.6 is 15.9 Å². The van der Waals surface area contributed by atoms with Gasteiger partial charge in [0.05, 0.1) is 18.4 Å². The normalized spacial score (nSPS) is 10.4. The number of oxazole rings is 1. The standard InChI is InChI=1S/C15H12BrN3O/c16-15-6-2-5-13(19-15)8-18-12-4-1-3-11(7-12)14-9-17-10-20-14/h1-7,9-10,18H,8H2. The van der Waals surface area contributed by atoms with E-state index in [9.17, 15) is 0 Å². The van der Waals surface area contributed by atoms with Gasteiger partial charge in [0.25, 0.3) is 0 Å². The maximum atomic E-state index is 5.30. The van der Waals surface area contributed by atoms with Gasteiger partial charge in [0, 0.05) is 11.3 Å². The highest BCUT2D eigenvalue weighted by atomic mass is 79.9. The predicted molar refractivity (Wildman–Crippen MR) is 81.2 cm³/mol. The van der Waals surface area contributed by atoms with E-state index in [1.54, 1.807) is 6.20 Å². The summed E-state index contributed by atoms with van der Waals surface area (Å²) in [6.45, 7) is 0.666. The van der Waals surface area contributed by atoms with Crippen molar-refractivity contribution in [1.82, 2.24) is 9.97 Å². The topological polar surface area (TPSA) is 51.0 Å². The molecule has 3 rings (SSSR count). The van der Waals surface area contributed by atoms with E-state index in [0.717, 1.165) is 27.3 Å². The van der Waals surface area contributed by atoms with E-state index >= 15 is 0 Å². The first-order valence-corrected chi connectivity index (χ1v) is 6.95. The summed E-state index contributed by atoms with van der Waals surface area (Å²) in [4.78, 5) is 8.32. The molecule has 0 aliphatic carbocycles. The molecule has 0 aliphatic rings. The fraction of sp³-hybridized carbons (Fsp3) is 0.0667. The van der Waals surface area contributed by atoms with E-state index in [-0.39, 0.29) is 0 Å². The minimum atomic E-state index is 0.666. The molecule has 0 radical (unpaired) electrons. The van der Waals surface area contributed by atoms with Crippen molar-refractivity contribution in [2.24, 2.45) is 0 Å². The average molecular weight is 330 g/mol. The Morgan fingerprint density at radius 2 is 2.05 bits per heavy atom. The zero-order valence-corrected chi connectivity index (χ0v) is 12.2. The van der Waals surface area contributed by atoms with Gasteiger partial charge < -0.3 is 9.73 Å². The molecule has 0 bridgehead atoms. The van der Waals surface area contributed by atoms with E-state index in [0.29, 0.717) is 6.54 Å². The number of nitrogens with one attached hydrogen (secondary N) is 1. The highest BCUT2D eigenvalue weighted by Gasteiger charge is 2.02. The van der Waals surface area contributed by atoms with Crippen molar-refractivity contribution >= 4 is 21.6 Å². The van der Waals surface area contributed by atoms with Crippen molar-refractivity contribution in [2.75, 3.05) is 5.32 Å². The lowest BCUT2D eigenvalue weighted by Gasteiger charge is -2.07. The van der Waals surface area contributed by atoms with Gasteiger partial charge in [-0.05, 0) is 40.2 Å². The second-order valence-corrected chi connectivity index (χ2v) is 5.06. The minimum absolute atomic E-state index is 0.666. The fourth-order valence-corrected chi connectivity index (χ4v) is 2.26. The fourth-order valence-electron chi connectivity index (χ4n) is 1.88. The van der Waals surface area contributed by atoms with Crippen LogP contribution in [-0.4, -0.2) is 9.97 Å². The molecule has 0 saturated carbocycles. The van der Waals surface area contributed by atoms with Crippen LogP contribution in [-0.2, 0) is 6.54 Å². The van der Waals surface area contributed by atoms with Crippen LogP contribution in [0.15, 0.2) is 64.1 Å². The molecule has 0 fully saturated rings. The van der Waals surface area contributed by atoms with Gasteiger partial charge >= 0.3 is 0 Å². The van der Waals surface area contributed by atoms with Crippen molar-refractivity contribution in [3.8, 4) is 11.3 Å². The summed E-state index contributed by atoms with van der Waals surface area (Å²) in [5.41, 5.74) is 2.99. The van der Waals surface area contributed by atoms with Gasteiger partial charge in [-0.1, -0.05) is 18.2 Å². The van der Waals surface area contributed by atoms with E-state index in [2.05, 4.69) is 31.2 Å². The van der Waals surface area contributed by atoms with Gasteiger partial charge in [-0.15, -0.1) is 0 Å². The Labute approximate surface area is 125 Å². The van der Waals surface area contributed by atoms with E-state index in [4.69, 9.17) is 4.42 Å². The zero-order chi connectivity index (χ0) is 13.8. The number of hydrogen-bond donors (Lipinski definition) is 1. The second kappa shape index (κ2) is 5.88. The number of hydrogen-bond acceptors (Lipinski definition) is 4. The first kappa shape index (κ1) is 12.9. The van der Waals surface area contributed by atoms with Crippen molar-refractivity contribution in [3.05, 3.63) is 65.4 Å². The Hall–Kier alpha value is -2.14. The van der Waals surface area contributed by atoms with E-state index in [1.165, 1.54) is 6.39 Å². The molecular weight excluding hydrogens is 318 g/mol. The summed E-state index contributed by atoms with van der Waals surface area (Å²) in [6.07, 6.45) is 3.13. The number of halogens is 1. The van der Waals surface area contributed by atoms with Gasteiger partial charge in [-0.2, -0.15) is 0 Å². The van der Waals surface area contributed by atoms with Crippen molar-refractivity contribution in [1.29, 1.82) is 0 Å². The average Bonchev–Trinajstić information content (AvgIpc) is 3.00. The molecule has 1 aromatic carbocycles. The summed E-state index contributed by atoms with van der Waals surface area (Å²) in [7, 11) is 0. The number of nitrogens with zero attached hydrogens (tertiary/aromatic N) is 2. The Balaban J connectivity index is 1.73. The van der Waals surface area contributed by atoms with Gasteiger partial charge in [0.2, 0.25) is 0 Å². The van der Waals surface area contributed by atoms with Gasteiger partial charge in [-0.25, -0.2) is 9.97 Å². The Kier molecular flexibility index (Phi) is 3.78. The molecule has 2 heterocycles. The molecule has 0 unspecified atom stereocenters. The summed E-state index contributed by atoms with van der Waals surface area (Å²) < 4.78 is 6.14. The molecule has 20 heavy (non-hydrogen) atoms. The molecule has 0 spiro atoms. The molecule has 0 amide bonds. The monoisotopic (exact) mass is 329 g/mol. The lowest BCUT2D eigenvalue weighted by Crippen LogP contribution is -2.01. The van der Waals surface area contributed by atoms with Crippen LogP contribution in [0, 0.1) is 0 Å². The summed E-state index contributed by atoms with van der Waals surface area (Å²) in [5, 5.41) is 3.35. The smallest absolute Gasteiger partial charge is 0.181 e. The number of anilines is 1. The SMILES string of the molecule is Brc1cccc(CNc2cccc(-c3cnco3)c2)n1.